The van der Waals surface area contributed by atoms with Gasteiger partial charge in [0.15, 0.2) is 0 Å². The molecule has 1 unspecified atom stereocenters. The van der Waals surface area contributed by atoms with Crippen LogP contribution in [0.4, 0.5) is 11.4 Å². The Morgan fingerprint density at radius 2 is 1.46 bits per heavy atom. The Morgan fingerprint density at radius 1 is 0.821 bits per heavy atom. The molecule has 28 heavy (non-hydrogen) atoms. The van der Waals surface area contributed by atoms with Crippen LogP contribution in [0.3, 0.4) is 0 Å². The van der Waals surface area contributed by atoms with Crippen LogP contribution in [-0.4, -0.2) is 5.71 Å². The van der Waals surface area contributed by atoms with Crippen molar-refractivity contribution in [1.82, 2.24) is 0 Å². The van der Waals surface area contributed by atoms with Crippen molar-refractivity contribution in [3.8, 4) is 0 Å². The second-order valence-corrected chi connectivity index (χ2v) is 7.84. The van der Waals surface area contributed by atoms with E-state index in [1.165, 1.54) is 22.3 Å². The molecule has 1 heterocycles. The molecule has 1 atom stereocenters. The molecular formula is C26H28N2. The number of aliphatic imine (C=N–C) groups is 1. The molecule has 0 spiro atoms. The van der Waals surface area contributed by atoms with Gasteiger partial charge in [0.2, 0.25) is 0 Å². The zero-order valence-corrected chi connectivity index (χ0v) is 17.0. The maximum atomic E-state index is 5.20. The third-order valence-electron chi connectivity index (χ3n) is 5.66. The van der Waals surface area contributed by atoms with Gasteiger partial charge in [-0.1, -0.05) is 91.6 Å². The Labute approximate surface area is 168 Å². The second-order valence-electron chi connectivity index (χ2n) is 7.84. The van der Waals surface area contributed by atoms with Crippen molar-refractivity contribution >= 4 is 17.1 Å². The predicted octanol–water partition coefficient (Wildman–Crippen LogP) is 6.94. The molecule has 0 aliphatic carbocycles. The van der Waals surface area contributed by atoms with Gasteiger partial charge in [0.1, 0.15) is 5.54 Å². The number of nitrogens with zero attached hydrogens (tertiary/aromatic N) is 1. The molecule has 3 aromatic carbocycles. The summed E-state index contributed by atoms with van der Waals surface area (Å²) in [6, 6.07) is 26.1. The molecule has 4 rings (SSSR count). The van der Waals surface area contributed by atoms with Crippen LogP contribution in [0.25, 0.3) is 0 Å². The lowest BCUT2D eigenvalue weighted by Gasteiger charge is -2.41. The average molecular weight is 369 g/mol. The van der Waals surface area contributed by atoms with Crippen molar-refractivity contribution in [3.63, 3.8) is 0 Å². The summed E-state index contributed by atoms with van der Waals surface area (Å²) in [5, 5.41) is 3.91. The summed E-state index contributed by atoms with van der Waals surface area (Å²) < 4.78 is 0. The highest BCUT2D eigenvalue weighted by Crippen LogP contribution is 2.43. The van der Waals surface area contributed by atoms with Gasteiger partial charge in [-0.25, -0.2) is 4.99 Å². The van der Waals surface area contributed by atoms with E-state index in [9.17, 15) is 0 Å². The number of nitrogens with one attached hydrogen (secondary N) is 1. The molecule has 1 aliphatic rings. The van der Waals surface area contributed by atoms with Crippen LogP contribution in [0.1, 0.15) is 48.4 Å². The maximum absolute atomic E-state index is 5.20. The van der Waals surface area contributed by atoms with E-state index in [1.54, 1.807) is 0 Å². The largest absolute Gasteiger partial charge is 0.369 e. The smallest absolute Gasteiger partial charge is 0.106 e. The molecule has 142 valence electrons. The molecule has 0 radical (unpaired) electrons. The minimum atomic E-state index is -0.326. The highest BCUT2D eigenvalue weighted by molar-refractivity contribution is 6.13. The summed E-state index contributed by atoms with van der Waals surface area (Å²) in [5.74, 6) is 0. The lowest BCUT2D eigenvalue weighted by atomic mass is 9.76. The number of rotatable bonds is 5. The van der Waals surface area contributed by atoms with Crippen LogP contribution in [0.15, 0.2) is 77.8 Å². The SMILES string of the molecule is CCCCC1(c2ccc(C)cc2)Nc2ccccc2N=C1c1ccc(C)cc1. The van der Waals surface area contributed by atoms with E-state index in [1.807, 2.05) is 0 Å². The van der Waals surface area contributed by atoms with E-state index >= 15 is 0 Å². The number of aryl methyl sites for hydroxylation is 2. The van der Waals surface area contributed by atoms with Crippen LogP contribution in [0.2, 0.25) is 0 Å². The molecule has 2 heteroatoms. The summed E-state index contributed by atoms with van der Waals surface area (Å²) in [6.07, 6.45) is 3.29. The van der Waals surface area contributed by atoms with Crippen LogP contribution >= 0.6 is 0 Å². The summed E-state index contributed by atoms with van der Waals surface area (Å²) >= 11 is 0. The lowest BCUT2D eigenvalue weighted by molar-refractivity contribution is 0.551. The number of hydrogen-bond acceptors (Lipinski definition) is 2. The number of hydrogen-bond donors (Lipinski definition) is 1. The quantitative estimate of drug-likeness (QED) is 0.518. The number of benzene rings is 3. The van der Waals surface area contributed by atoms with Crippen molar-refractivity contribution in [3.05, 3.63) is 95.1 Å². The van der Waals surface area contributed by atoms with E-state index in [2.05, 4.69) is 98.9 Å². The molecule has 1 aliphatic heterocycles. The molecule has 0 amide bonds. The summed E-state index contributed by atoms with van der Waals surface area (Å²) in [5.41, 5.74) is 7.91. The molecule has 0 fully saturated rings. The van der Waals surface area contributed by atoms with Gasteiger partial charge in [-0.15, -0.1) is 0 Å². The van der Waals surface area contributed by atoms with Crippen LogP contribution in [0, 0.1) is 13.8 Å². The first-order valence-corrected chi connectivity index (χ1v) is 10.2. The fraction of sp³-hybridized carbons (Fsp3) is 0.269. The van der Waals surface area contributed by atoms with E-state index in [0.717, 1.165) is 36.3 Å². The van der Waals surface area contributed by atoms with E-state index in [0.29, 0.717) is 0 Å². The Kier molecular flexibility index (Phi) is 5.04. The van der Waals surface area contributed by atoms with Gasteiger partial charge in [0.05, 0.1) is 17.1 Å². The highest BCUT2D eigenvalue weighted by Gasteiger charge is 2.40. The first kappa shape index (κ1) is 18.5. The third kappa shape index (κ3) is 3.35. The fourth-order valence-electron chi connectivity index (χ4n) is 4.02. The van der Waals surface area contributed by atoms with Crippen molar-refractivity contribution in [2.45, 2.75) is 45.6 Å². The van der Waals surface area contributed by atoms with Gasteiger partial charge in [-0.2, -0.15) is 0 Å². The van der Waals surface area contributed by atoms with E-state index in [4.69, 9.17) is 4.99 Å². The van der Waals surface area contributed by atoms with Gasteiger partial charge >= 0.3 is 0 Å². The summed E-state index contributed by atoms with van der Waals surface area (Å²) in [7, 11) is 0. The Morgan fingerprint density at radius 3 is 2.14 bits per heavy atom. The van der Waals surface area contributed by atoms with Crippen molar-refractivity contribution in [1.29, 1.82) is 0 Å². The normalized spacial score (nSPS) is 18.2. The van der Waals surface area contributed by atoms with Crippen LogP contribution in [0.5, 0.6) is 0 Å². The standard InChI is InChI=1S/C26H28N2/c1-4-5-18-26(22-16-12-20(3)13-17-22)25(21-14-10-19(2)11-15-21)27-23-8-6-7-9-24(23)28-26/h6-17,28H,4-5,18H2,1-3H3. The fourth-order valence-corrected chi connectivity index (χ4v) is 4.02. The van der Waals surface area contributed by atoms with Gasteiger partial charge in [0, 0.05) is 0 Å². The minimum Gasteiger partial charge on any atom is -0.369 e. The Hall–Kier alpha value is -2.87. The number of para-hydroxylation sites is 2. The minimum absolute atomic E-state index is 0.326. The molecule has 3 aromatic rings. The molecule has 0 saturated carbocycles. The van der Waals surface area contributed by atoms with Gasteiger partial charge in [-0.05, 0) is 43.5 Å². The lowest BCUT2D eigenvalue weighted by Crippen LogP contribution is -2.45. The average Bonchev–Trinajstić information content (AvgIpc) is 2.72. The first-order valence-electron chi connectivity index (χ1n) is 10.2. The second kappa shape index (κ2) is 7.63. The highest BCUT2D eigenvalue weighted by atomic mass is 15.1. The van der Waals surface area contributed by atoms with E-state index in [-0.39, 0.29) is 5.54 Å². The molecule has 2 nitrogen and oxygen atoms in total. The Balaban J connectivity index is 1.95. The van der Waals surface area contributed by atoms with Crippen molar-refractivity contribution in [2.24, 2.45) is 4.99 Å². The summed E-state index contributed by atoms with van der Waals surface area (Å²) in [4.78, 5) is 5.20. The molecule has 0 saturated heterocycles. The zero-order chi connectivity index (χ0) is 19.6. The summed E-state index contributed by atoms with van der Waals surface area (Å²) in [6.45, 7) is 6.52. The zero-order valence-electron chi connectivity index (χ0n) is 17.0. The van der Waals surface area contributed by atoms with Crippen molar-refractivity contribution in [2.75, 3.05) is 5.32 Å². The molecule has 1 N–H and O–H groups in total. The van der Waals surface area contributed by atoms with Crippen molar-refractivity contribution < 1.29 is 0 Å². The topological polar surface area (TPSA) is 24.4 Å². The van der Waals surface area contributed by atoms with Crippen LogP contribution < -0.4 is 5.32 Å². The van der Waals surface area contributed by atoms with Crippen LogP contribution in [-0.2, 0) is 5.54 Å². The predicted molar refractivity (Wildman–Crippen MR) is 120 cm³/mol. The Bertz CT molecular complexity index is 984. The van der Waals surface area contributed by atoms with E-state index < -0.39 is 0 Å². The number of unbranched alkanes of at least 4 members (excludes halogenated alkanes) is 1. The molecular weight excluding hydrogens is 340 g/mol. The monoisotopic (exact) mass is 368 g/mol. The maximum Gasteiger partial charge on any atom is 0.106 e. The molecule has 0 bridgehead atoms. The number of fused-ring (bicyclic) bond motifs is 1. The van der Waals surface area contributed by atoms with Gasteiger partial charge in [0.25, 0.3) is 0 Å². The number of anilines is 1. The third-order valence-corrected chi connectivity index (χ3v) is 5.66. The first-order chi connectivity index (χ1) is 13.6. The van der Waals surface area contributed by atoms with Gasteiger partial charge in [-0.3, -0.25) is 0 Å². The molecule has 0 aromatic heterocycles. The van der Waals surface area contributed by atoms with Gasteiger partial charge < -0.3 is 5.32 Å².